The highest BCUT2D eigenvalue weighted by Crippen LogP contribution is 2.27. The van der Waals surface area contributed by atoms with Crippen LogP contribution in [0, 0.1) is 6.92 Å². The van der Waals surface area contributed by atoms with Gasteiger partial charge in [-0.3, -0.25) is 25.8 Å². The van der Waals surface area contributed by atoms with Crippen molar-refractivity contribution >= 4 is 46.8 Å². The number of methoxy groups -OCH3 is 2. The van der Waals surface area contributed by atoms with Crippen LogP contribution in [0.25, 0.3) is 6.08 Å². The number of benzene rings is 2. The maximum absolute atomic E-state index is 12.0. The fraction of sp³-hybridized carbons (Fsp3) is 0.190. The van der Waals surface area contributed by atoms with Crippen molar-refractivity contribution in [2.45, 2.75) is 6.92 Å². The van der Waals surface area contributed by atoms with E-state index in [0.717, 1.165) is 11.1 Å². The summed E-state index contributed by atoms with van der Waals surface area (Å²) in [7, 11) is 3.07. The number of carbonyl (C=O) groups excluding carboxylic acids is 2. The molecule has 2 amide bonds. The molecule has 2 rings (SSSR count). The molecule has 0 aliphatic heterocycles. The predicted octanol–water partition coefficient (Wildman–Crippen LogP) is 2.78. The van der Waals surface area contributed by atoms with Gasteiger partial charge in [-0.05, 0) is 66.7 Å². The maximum Gasteiger partial charge on any atom is 0.276 e. The molecule has 8 nitrogen and oxygen atoms in total. The summed E-state index contributed by atoms with van der Waals surface area (Å²) >= 11 is 10.9. The summed E-state index contributed by atoms with van der Waals surface area (Å²) in [6.45, 7) is 1.58. The first kappa shape index (κ1) is 24.0. The summed E-state index contributed by atoms with van der Waals surface area (Å²) in [6.07, 6.45) is 2.88. The molecule has 0 aliphatic rings. The number of aryl methyl sites for hydroxylation is 1. The Morgan fingerprint density at radius 3 is 2.48 bits per heavy atom. The number of halogens is 1. The van der Waals surface area contributed by atoms with E-state index < -0.39 is 11.8 Å². The Morgan fingerprint density at radius 1 is 1.06 bits per heavy atom. The van der Waals surface area contributed by atoms with E-state index in [4.69, 9.17) is 38.0 Å². The van der Waals surface area contributed by atoms with Crippen LogP contribution in [0.3, 0.4) is 0 Å². The molecule has 0 bridgehead atoms. The molecule has 164 valence electrons. The first-order valence-corrected chi connectivity index (χ1v) is 9.80. The summed E-state index contributed by atoms with van der Waals surface area (Å²) in [5.74, 6) is 0.675. The van der Waals surface area contributed by atoms with Crippen LogP contribution in [0.2, 0.25) is 5.02 Å². The Balaban J connectivity index is 1.76. The number of hydrogen-bond acceptors (Lipinski definition) is 6. The first-order valence-electron chi connectivity index (χ1n) is 9.01. The van der Waals surface area contributed by atoms with Gasteiger partial charge >= 0.3 is 0 Å². The third-order valence-electron chi connectivity index (χ3n) is 3.89. The lowest BCUT2D eigenvalue weighted by molar-refractivity contribution is -0.123. The van der Waals surface area contributed by atoms with Crippen LogP contribution < -0.4 is 30.4 Å². The van der Waals surface area contributed by atoms with Crippen LogP contribution in [-0.4, -0.2) is 37.8 Å². The Labute approximate surface area is 190 Å². The molecule has 0 unspecified atom stereocenters. The van der Waals surface area contributed by atoms with Gasteiger partial charge in [-0.1, -0.05) is 17.7 Å². The molecule has 0 aliphatic carbocycles. The second-order valence-electron chi connectivity index (χ2n) is 6.14. The van der Waals surface area contributed by atoms with Gasteiger partial charge in [0.05, 0.1) is 14.2 Å². The zero-order valence-corrected chi connectivity index (χ0v) is 18.7. The zero-order chi connectivity index (χ0) is 22.8. The van der Waals surface area contributed by atoms with Crippen molar-refractivity contribution in [3.05, 3.63) is 58.6 Å². The number of rotatable bonds is 7. The highest BCUT2D eigenvalue weighted by Gasteiger charge is 2.07. The number of hydrazine groups is 1. The Kier molecular flexibility index (Phi) is 9.11. The molecule has 2 aromatic carbocycles. The van der Waals surface area contributed by atoms with Crippen molar-refractivity contribution < 1.29 is 23.8 Å². The van der Waals surface area contributed by atoms with Gasteiger partial charge in [-0.2, -0.15) is 0 Å². The SMILES string of the molecule is COc1ccc(C=CC(=O)NC(=S)NNC(=O)COc2ccc(Cl)c(C)c2)cc1OC. The molecule has 2 aromatic rings. The fourth-order valence-electron chi connectivity index (χ4n) is 2.33. The van der Waals surface area contributed by atoms with Gasteiger partial charge in [-0.15, -0.1) is 0 Å². The normalized spacial score (nSPS) is 10.3. The summed E-state index contributed by atoms with van der Waals surface area (Å²) in [5, 5.41) is 2.95. The van der Waals surface area contributed by atoms with E-state index >= 15 is 0 Å². The van der Waals surface area contributed by atoms with E-state index in [1.54, 1.807) is 42.5 Å². The predicted molar refractivity (Wildman–Crippen MR) is 122 cm³/mol. The Bertz CT molecular complexity index is 997. The number of hydrogen-bond donors (Lipinski definition) is 3. The first-order chi connectivity index (χ1) is 14.8. The minimum atomic E-state index is -0.481. The van der Waals surface area contributed by atoms with Crippen LogP contribution in [0.15, 0.2) is 42.5 Å². The number of ether oxygens (including phenoxy) is 3. The number of amides is 2. The van der Waals surface area contributed by atoms with Gasteiger partial charge in [0.15, 0.2) is 23.2 Å². The second-order valence-corrected chi connectivity index (χ2v) is 6.95. The molecule has 0 atom stereocenters. The van der Waals surface area contributed by atoms with E-state index in [9.17, 15) is 9.59 Å². The fourth-order valence-corrected chi connectivity index (χ4v) is 2.60. The Morgan fingerprint density at radius 2 is 1.81 bits per heavy atom. The summed E-state index contributed by atoms with van der Waals surface area (Å²) < 4.78 is 15.7. The van der Waals surface area contributed by atoms with Gasteiger partial charge in [-0.25, -0.2) is 0 Å². The van der Waals surface area contributed by atoms with Crippen LogP contribution in [-0.2, 0) is 9.59 Å². The highest BCUT2D eigenvalue weighted by molar-refractivity contribution is 7.80. The lowest BCUT2D eigenvalue weighted by Gasteiger charge is -2.11. The highest BCUT2D eigenvalue weighted by atomic mass is 35.5. The van der Waals surface area contributed by atoms with Crippen molar-refractivity contribution in [1.29, 1.82) is 0 Å². The van der Waals surface area contributed by atoms with Crippen molar-refractivity contribution in [3.8, 4) is 17.2 Å². The Hall–Kier alpha value is -3.30. The molecule has 0 fully saturated rings. The molecule has 31 heavy (non-hydrogen) atoms. The molecule has 10 heteroatoms. The number of nitrogens with one attached hydrogen (secondary N) is 3. The lowest BCUT2D eigenvalue weighted by atomic mass is 10.2. The summed E-state index contributed by atoms with van der Waals surface area (Å²) in [4.78, 5) is 23.8. The summed E-state index contributed by atoms with van der Waals surface area (Å²) in [5.41, 5.74) is 6.33. The minimum absolute atomic E-state index is 0.0716. The molecule has 0 aromatic heterocycles. The van der Waals surface area contributed by atoms with Gasteiger partial charge < -0.3 is 14.2 Å². The molecule has 0 saturated heterocycles. The molecule has 0 spiro atoms. The van der Waals surface area contributed by atoms with E-state index in [-0.39, 0.29) is 11.7 Å². The standard InChI is InChI=1S/C21H22ClN3O5S/c1-13-10-15(6-7-16(13)22)30-12-20(27)24-25-21(31)23-19(26)9-5-14-4-8-17(28-2)18(11-14)29-3/h4-11H,12H2,1-3H3,(H,24,27)(H2,23,25,26,31). The molecule has 3 N–H and O–H groups in total. The summed E-state index contributed by atoms with van der Waals surface area (Å²) in [6, 6.07) is 10.3. The van der Waals surface area contributed by atoms with Gasteiger partial charge in [0.25, 0.3) is 5.91 Å². The minimum Gasteiger partial charge on any atom is -0.493 e. The van der Waals surface area contributed by atoms with E-state index in [0.29, 0.717) is 22.3 Å². The monoisotopic (exact) mass is 463 g/mol. The van der Waals surface area contributed by atoms with Gasteiger partial charge in [0.1, 0.15) is 5.75 Å². The largest absolute Gasteiger partial charge is 0.493 e. The number of thiocarbonyl (C=S) groups is 1. The smallest absolute Gasteiger partial charge is 0.276 e. The quantitative estimate of drug-likeness (QED) is 0.330. The topological polar surface area (TPSA) is 97.9 Å². The third kappa shape index (κ3) is 7.80. The van der Waals surface area contributed by atoms with Gasteiger partial charge in [0, 0.05) is 11.1 Å². The molecule has 0 radical (unpaired) electrons. The van der Waals surface area contributed by atoms with Crippen LogP contribution in [0.5, 0.6) is 17.2 Å². The molecular formula is C21H22ClN3O5S. The van der Waals surface area contributed by atoms with Crippen LogP contribution in [0.1, 0.15) is 11.1 Å². The van der Waals surface area contributed by atoms with Crippen molar-refractivity contribution in [2.24, 2.45) is 0 Å². The van der Waals surface area contributed by atoms with Crippen molar-refractivity contribution in [3.63, 3.8) is 0 Å². The molecule has 0 heterocycles. The van der Waals surface area contributed by atoms with E-state index in [1.807, 2.05) is 6.92 Å². The van der Waals surface area contributed by atoms with Crippen LogP contribution >= 0.6 is 23.8 Å². The van der Waals surface area contributed by atoms with Gasteiger partial charge in [0.2, 0.25) is 5.91 Å². The molecule has 0 saturated carbocycles. The van der Waals surface area contributed by atoms with Crippen LogP contribution in [0.4, 0.5) is 0 Å². The molecular weight excluding hydrogens is 442 g/mol. The average Bonchev–Trinajstić information content (AvgIpc) is 2.76. The van der Waals surface area contributed by atoms with Crippen molar-refractivity contribution in [2.75, 3.05) is 20.8 Å². The zero-order valence-electron chi connectivity index (χ0n) is 17.2. The van der Waals surface area contributed by atoms with Crippen molar-refractivity contribution in [1.82, 2.24) is 16.2 Å². The average molecular weight is 464 g/mol. The second kappa shape index (κ2) is 11.8. The lowest BCUT2D eigenvalue weighted by Crippen LogP contribution is -2.49. The van der Waals surface area contributed by atoms with E-state index in [1.165, 1.54) is 20.3 Å². The maximum atomic E-state index is 12.0. The number of carbonyl (C=O) groups is 2. The van der Waals surface area contributed by atoms with E-state index in [2.05, 4.69) is 16.2 Å². The third-order valence-corrected chi connectivity index (χ3v) is 4.51.